The minimum atomic E-state index is -4.57. The molecule has 1 aromatic rings. The van der Waals surface area contributed by atoms with Crippen LogP contribution in [0.15, 0.2) is 12.3 Å². The van der Waals surface area contributed by atoms with Crippen molar-refractivity contribution in [2.24, 2.45) is 0 Å². The van der Waals surface area contributed by atoms with Gasteiger partial charge >= 0.3 is 6.18 Å². The Labute approximate surface area is 135 Å². The monoisotopic (exact) mass is 328 g/mol. The Kier molecular flexibility index (Phi) is 8.46. The van der Waals surface area contributed by atoms with Crippen molar-refractivity contribution in [2.75, 3.05) is 6.61 Å². The molecule has 3 nitrogen and oxygen atoms in total. The maximum Gasteiger partial charge on any atom is 0.421 e. The summed E-state index contributed by atoms with van der Waals surface area (Å²) >= 11 is 0. The molecule has 0 unspecified atom stereocenters. The number of alkyl halides is 3. The normalized spacial score (nSPS) is 11.3. The number of nitrogens with zero attached hydrogens (tertiary/aromatic N) is 2. The minimum Gasteiger partial charge on any atom is -0.477 e. The van der Waals surface area contributed by atoms with E-state index in [0.717, 1.165) is 31.5 Å². The zero-order valence-corrected chi connectivity index (χ0v) is 13.5. The molecular weight excluding hydrogens is 305 g/mol. The maximum atomic E-state index is 12.9. The molecule has 0 bridgehead atoms. The van der Waals surface area contributed by atoms with E-state index < -0.39 is 17.6 Å². The van der Waals surface area contributed by atoms with Crippen LogP contribution >= 0.6 is 0 Å². The Morgan fingerprint density at radius 3 is 2.26 bits per heavy atom. The third kappa shape index (κ3) is 7.36. The molecule has 6 heteroatoms. The fraction of sp³-hybridized carbons (Fsp3) is 0.647. The summed E-state index contributed by atoms with van der Waals surface area (Å²) < 4.78 is 43.9. The molecule has 128 valence electrons. The van der Waals surface area contributed by atoms with Crippen LogP contribution in [0, 0.1) is 11.3 Å². The fourth-order valence-electron chi connectivity index (χ4n) is 2.24. The van der Waals surface area contributed by atoms with Crippen LogP contribution < -0.4 is 4.74 Å². The Balaban J connectivity index is 2.36. The van der Waals surface area contributed by atoms with Crippen molar-refractivity contribution in [3.63, 3.8) is 0 Å². The van der Waals surface area contributed by atoms with E-state index in [1.54, 1.807) is 6.07 Å². The van der Waals surface area contributed by atoms with E-state index in [9.17, 15) is 13.2 Å². The van der Waals surface area contributed by atoms with E-state index in [1.165, 1.54) is 25.7 Å². The fourth-order valence-corrected chi connectivity index (χ4v) is 2.24. The summed E-state index contributed by atoms with van der Waals surface area (Å²) in [5.41, 5.74) is -1.12. The molecule has 0 radical (unpaired) electrons. The Hall–Kier alpha value is -1.77. The lowest BCUT2D eigenvalue weighted by Gasteiger charge is -2.13. The summed E-state index contributed by atoms with van der Waals surface area (Å²) in [4.78, 5) is 3.62. The highest BCUT2D eigenvalue weighted by atomic mass is 19.4. The van der Waals surface area contributed by atoms with E-state index in [-0.39, 0.29) is 12.2 Å². The van der Waals surface area contributed by atoms with Crippen molar-refractivity contribution in [3.05, 3.63) is 23.4 Å². The molecule has 1 rings (SSSR count). The summed E-state index contributed by atoms with van der Waals surface area (Å²) in [7, 11) is 0. The van der Waals surface area contributed by atoms with Gasteiger partial charge < -0.3 is 4.74 Å². The van der Waals surface area contributed by atoms with Crippen molar-refractivity contribution in [3.8, 4) is 11.9 Å². The van der Waals surface area contributed by atoms with Crippen LogP contribution in [0.4, 0.5) is 13.2 Å². The topological polar surface area (TPSA) is 45.9 Å². The van der Waals surface area contributed by atoms with E-state index >= 15 is 0 Å². The van der Waals surface area contributed by atoms with Gasteiger partial charge in [0.1, 0.15) is 11.6 Å². The van der Waals surface area contributed by atoms with Gasteiger partial charge in [0.25, 0.3) is 0 Å². The molecule has 0 aliphatic heterocycles. The number of halogens is 3. The summed E-state index contributed by atoms with van der Waals surface area (Å²) in [5, 5.41) is 8.67. The average molecular weight is 328 g/mol. The van der Waals surface area contributed by atoms with Crippen LogP contribution in [0.1, 0.15) is 69.4 Å². The van der Waals surface area contributed by atoms with Crippen LogP contribution in [0.25, 0.3) is 0 Å². The van der Waals surface area contributed by atoms with Crippen LogP contribution in [0.3, 0.4) is 0 Å². The lowest BCUT2D eigenvalue weighted by Crippen LogP contribution is -2.11. The molecule has 0 amide bonds. The van der Waals surface area contributed by atoms with Gasteiger partial charge in [-0.2, -0.15) is 18.4 Å². The standard InChI is InChI=1S/C17H23F3N2O/c1-2-3-4-5-6-7-8-9-10-23-16-15(17(18,19)20)11-14(12-21)13-22-16/h11,13H,2-10H2,1H3. The van der Waals surface area contributed by atoms with Gasteiger partial charge in [-0.25, -0.2) is 4.98 Å². The number of unbranched alkanes of at least 4 members (excludes halogenated alkanes) is 7. The number of hydrogen-bond donors (Lipinski definition) is 0. The molecular formula is C17H23F3N2O. The predicted octanol–water partition coefficient (Wildman–Crippen LogP) is 5.49. The molecule has 0 spiro atoms. The molecule has 0 fully saturated rings. The van der Waals surface area contributed by atoms with Gasteiger partial charge in [-0.15, -0.1) is 0 Å². The van der Waals surface area contributed by atoms with Crippen molar-refractivity contribution in [2.45, 2.75) is 64.5 Å². The van der Waals surface area contributed by atoms with Gasteiger partial charge in [0.05, 0.1) is 12.2 Å². The average Bonchev–Trinajstić information content (AvgIpc) is 2.52. The van der Waals surface area contributed by atoms with Crippen LogP contribution in [-0.4, -0.2) is 11.6 Å². The number of ether oxygens (including phenoxy) is 1. The molecule has 1 aromatic heterocycles. The third-order valence-electron chi connectivity index (χ3n) is 3.52. The van der Waals surface area contributed by atoms with Crippen LogP contribution in [0.2, 0.25) is 0 Å². The SMILES string of the molecule is CCCCCCCCCCOc1ncc(C#N)cc1C(F)(F)F. The molecule has 0 N–H and O–H groups in total. The second-order valence-electron chi connectivity index (χ2n) is 5.51. The van der Waals surface area contributed by atoms with Crippen molar-refractivity contribution >= 4 is 0 Å². The largest absolute Gasteiger partial charge is 0.477 e. The first-order chi connectivity index (χ1) is 11.0. The second kappa shape index (κ2) is 10.1. The van der Waals surface area contributed by atoms with E-state index in [1.807, 2.05) is 0 Å². The molecule has 0 saturated heterocycles. The van der Waals surface area contributed by atoms with Crippen molar-refractivity contribution in [1.82, 2.24) is 4.98 Å². The Morgan fingerprint density at radius 1 is 1.09 bits per heavy atom. The first-order valence-corrected chi connectivity index (χ1v) is 8.09. The summed E-state index contributed by atoms with van der Waals surface area (Å²) in [6.45, 7) is 2.38. The van der Waals surface area contributed by atoms with Crippen LogP contribution in [-0.2, 0) is 6.18 Å². The molecule has 0 aliphatic rings. The number of nitriles is 1. The van der Waals surface area contributed by atoms with Crippen molar-refractivity contribution < 1.29 is 17.9 Å². The number of pyridine rings is 1. The highest BCUT2D eigenvalue weighted by Gasteiger charge is 2.35. The zero-order valence-electron chi connectivity index (χ0n) is 13.5. The number of hydrogen-bond acceptors (Lipinski definition) is 3. The highest BCUT2D eigenvalue weighted by Crippen LogP contribution is 2.35. The summed E-state index contributed by atoms with van der Waals surface area (Å²) in [5.74, 6) is -0.445. The van der Waals surface area contributed by atoms with Gasteiger partial charge in [-0.3, -0.25) is 0 Å². The molecule has 0 atom stereocenters. The van der Waals surface area contributed by atoms with E-state index in [4.69, 9.17) is 10.00 Å². The first kappa shape index (κ1) is 19.3. The highest BCUT2D eigenvalue weighted by molar-refractivity contribution is 5.37. The van der Waals surface area contributed by atoms with E-state index in [0.29, 0.717) is 6.42 Å². The van der Waals surface area contributed by atoms with E-state index in [2.05, 4.69) is 11.9 Å². The summed E-state index contributed by atoms with van der Waals surface area (Å²) in [6, 6.07) is 2.43. The number of aromatic nitrogens is 1. The number of rotatable bonds is 10. The molecule has 0 aromatic carbocycles. The van der Waals surface area contributed by atoms with Gasteiger partial charge in [0, 0.05) is 6.20 Å². The maximum absolute atomic E-state index is 12.9. The molecule has 0 aliphatic carbocycles. The molecule has 23 heavy (non-hydrogen) atoms. The predicted molar refractivity (Wildman–Crippen MR) is 82.1 cm³/mol. The smallest absolute Gasteiger partial charge is 0.421 e. The molecule has 0 saturated carbocycles. The Bertz CT molecular complexity index is 510. The lowest BCUT2D eigenvalue weighted by molar-refractivity contribution is -0.139. The van der Waals surface area contributed by atoms with Gasteiger partial charge in [-0.05, 0) is 12.5 Å². The lowest BCUT2D eigenvalue weighted by atomic mass is 10.1. The summed E-state index contributed by atoms with van der Waals surface area (Å²) in [6.07, 6.45) is 5.31. The second-order valence-corrected chi connectivity index (χ2v) is 5.51. The Morgan fingerprint density at radius 2 is 1.70 bits per heavy atom. The van der Waals surface area contributed by atoms with Gasteiger partial charge in [0.15, 0.2) is 0 Å². The molecule has 1 heterocycles. The first-order valence-electron chi connectivity index (χ1n) is 8.09. The van der Waals surface area contributed by atoms with Gasteiger partial charge in [-0.1, -0.05) is 51.9 Å². The van der Waals surface area contributed by atoms with Gasteiger partial charge in [0.2, 0.25) is 5.88 Å². The zero-order chi connectivity index (χ0) is 17.1. The minimum absolute atomic E-state index is 0.128. The van der Waals surface area contributed by atoms with Crippen LogP contribution in [0.5, 0.6) is 5.88 Å². The quantitative estimate of drug-likeness (QED) is 0.533. The third-order valence-corrected chi connectivity index (χ3v) is 3.52. The van der Waals surface area contributed by atoms with Crippen molar-refractivity contribution in [1.29, 1.82) is 5.26 Å².